The monoisotopic (exact) mass is 1470 g/mol. The lowest BCUT2D eigenvalue weighted by Gasteiger charge is -2.35. The number of hydrogen-bond acceptors (Lipinski definition) is 2. The molecule has 0 heterocycles. The zero-order chi connectivity index (χ0) is 77.5. The second-order valence-electron chi connectivity index (χ2n) is 31.7. The Kier molecular flexibility index (Phi) is 21.4. The van der Waals surface area contributed by atoms with Crippen molar-refractivity contribution in [2.24, 2.45) is 0 Å². The predicted octanol–water partition coefficient (Wildman–Crippen LogP) is 30.6. The van der Waals surface area contributed by atoms with E-state index in [1.807, 2.05) is 12.2 Å². The molecule has 558 valence electrons. The van der Waals surface area contributed by atoms with E-state index < -0.39 is 10.8 Å². The molecular formula is C112H100N2. The summed E-state index contributed by atoms with van der Waals surface area (Å²) in [5.74, 6) is 0. The summed E-state index contributed by atoms with van der Waals surface area (Å²) >= 11 is 0. The Morgan fingerprint density at radius 1 is 0.263 bits per heavy atom. The minimum Gasteiger partial charge on any atom is -0.310 e. The van der Waals surface area contributed by atoms with E-state index in [1.165, 1.54) is 172 Å². The lowest BCUT2D eigenvalue weighted by Crippen LogP contribution is -2.30. The van der Waals surface area contributed by atoms with Gasteiger partial charge in [0.25, 0.3) is 0 Å². The number of unbranched alkanes of at least 4 members (excludes halogenated alkanes) is 6. The summed E-state index contributed by atoms with van der Waals surface area (Å²) in [4.78, 5) is 4.98. The van der Waals surface area contributed by atoms with Crippen molar-refractivity contribution < 1.29 is 0 Å². The van der Waals surface area contributed by atoms with Crippen LogP contribution in [0.5, 0.6) is 0 Å². The van der Waals surface area contributed by atoms with E-state index in [0.717, 1.165) is 83.8 Å². The van der Waals surface area contributed by atoms with Crippen molar-refractivity contribution in [2.75, 3.05) is 9.80 Å². The highest BCUT2D eigenvalue weighted by Gasteiger charge is 2.47. The van der Waals surface area contributed by atoms with Gasteiger partial charge in [0.2, 0.25) is 0 Å². The Bertz CT molecular complexity index is 5510. The van der Waals surface area contributed by atoms with Crippen molar-refractivity contribution in [2.45, 2.75) is 116 Å². The van der Waals surface area contributed by atoms with Gasteiger partial charge >= 0.3 is 0 Å². The molecule has 0 spiro atoms. The molecule has 0 aliphatic heterocycles. The molecule has 2 unspecified atom stereocenters. The van der Waals surface area contributed by atoms with Crippen LogP contribution in [0.25, 0.3) is 78.9 Å². The molecule has 0 saturated heterocycles. The summed E-state index contributed by atoms with van der Waals surface area (Å²) in [6.07, 6.45) is 16.9. The standard InChI is InChI=1S/C112H100N2/c1-7-11-13-17-31-91-73-106(90-55-67-98(68-56-90)114(96-63-51-88(52-64-96)86-29-21-16-22-30-86)100-70-72-104-102-34-24-26-36-108(102)112(110(104)76-100,94-59-39-80(6)40-60-94)78-84-47-43-82(10-4)44-48-84)92(32-18-14-12-8-2)74-105(91)89-53-65-97(66-54-89)113(95-61-49-87(50-62-95)85-27-19-15-20-28-85)99-69-71-103-101-33-23-25-35-107(101)111(109(103)75-99,93-57-37-79(5)38-58-93)77-83-45-41-81(9-3)42-46-83/h9-10,15-16,19-30,33-76H,3-4,7-8,11-14,17-18,31-32,77-78H2,1-2,5-6H3. The molecule has 0 fully saturated rings. The van der Waals surface area contributed by atoms with Gasteiger partial charge in [-0.05, 0) is 259 Å². The first-order chi connectivity index (χ1) is 56.1. The lowest BCUT2D eigenvalue weighted by atomic mass is 9.68. The van der Waals surface area contributed by atoms with Gasteiger partial charge in [0.15, 0.2) is 0 Å². The quantitative estimate of drug-likeness (QED) is 0.0451. The smallest absolute Gasteiger partial charge is 0.0504 e. The van der Waals surface area contributed by atoms with Crippen LogP contribution in [-0.4, -0.2) is 0 Å². The number of anilines is 6. The third-order valence-electron chi connectivity index (χ3n) is 24.5. The molecule has 0 bridgehead atoms. The zero-order valence-electron chi connectivity index (χ0n) is 66.4. The molecule has 2 atom stereocenters. The lowest BCUT2D eigenvalue weighted by molar-refractivity contribution is 0.629. The number of fused-ring (bicyclic) bond motifs is 6. The first-order valence-corrected chi connectivity index (χ1v) is 41.4. The van der Waals surface area contributed by atoms with Crippen LogP contribution in [0.4, 0.5) is 34.1 Å². The van der Waals surface area contributed by atoms with Gasteiger partial charge in [0.1, 0.15) is 0 Å². The maximum atomic E-state index is 4.11. The van der Waals surface area contributed by atoms with Crippen LogP contribution in [0.1, 0.15) is 143 Å². The van der Waals surface area contributed by atoms with Crippen molar-refractivity contribution in [3.63, 3.8) is 0 Å². The highest BCUT2D eigenvalue weighted by Crippen LogP contribution is 2.58. The Hall–Kier alpha value is -12.6. The van der Waals surface area contributed by atoms with Gasteiger partial charge in [-0.15, -0.1) is 0 Å². The average molecular weight is 1470 g/mol. The van der Waals surface area contributed by atoms with E-state index >= 15 is 0 Å². The number of aryl methyl sites for hydroxylation is 4. The summed E-state index contributed by atoms with van der Waals surface area (Å²) in [6.45, 7) is 17.3. The van der Waals surface area contributed by atoms with Crippen LogP contribution < -0.4 is 9.80 Å². The van der Waals surface area contributed by atoms with Gasteiger partial charge in [-0.1, -0.05) is 368 Å². The maximum Gasteiger partial charge on any atom is 0.0504 e. The van der Waals surface area contributed by atoms with Crippen molar-refractivity contribution in [1.29, 1.82) is 0 Å². The molecular weight excluding hydrogens is 1370 g/mol. The SMILES string of the molecule is C=Cc1ccc(CC2(c3ccc(C)cc3)c3ccccc3-c3ccc(N(c4ccc(-c5ccccc5)cc4)c4ccc(-c5cc(CCCCCC)c(-c6ccc(N(c7ccc(-c8ccccc8)cc7)c7ccc8c(c7)C(Cc7ccc(C=C)cc7)(c7ccc(C)cc7)c7ccccc7-8)cc6)cc5CCCCCC)cc4)cc32)cc1. The molecule has 0 N–H and O–H groups in total. The highest BCUT2D eigenvalue weighted by atomic mass is 15.1. The average Bonchev–Trinajstić information content (AvgIpc) is 1.55. The van der Waals surface area contributed by atoms with E-state index in [4.69, 9.17) is 0 Å². The predicted molar refractivity (Wildman–Crippen MR) is 487 cm³/mol. The van der Waals surface area contributed by atoms with E-state index in [9.17, 15) is 0 Å². The Morgan fingerprint density at radius 2 is 0.579 bits per heavy atom. The van der Waals surface area contributed by atoms with Crippen LogP contribution in [0.3, 0.4) is 0 Å². The summed E-state index contributed by atoms with van der Waals surface area (Å²) in [5.41, 5.74) is 38.8. The van der Waals surface area contributed by atoms with Crippen LogP contribution in [0.2, 0.25) is 0 Å². The van der Waals surface area contributed by atoms with Gasteiger partial charge in [0.05, 0.1) is 10.8 Å². The van der Waals surface area contributed by atoms with Crippen LogP contribution >= 0.6 is 0 Å². The first kappa shape index (κ1) is 74.1. The van der Waals surface area contributed by atoms with E-state index in [1.54, 1.807) is 0 Å². The van der Waals surface area contributed by atoms with Gasteiger partial charge in [-0.2, -0.15) is 0 Å². The fourth-order valence-corrected chi connectivity index (χ4v) is 18.5. The van der Waals surface area contributed by atoms with Crippen molar-refractivity contribution in [3.05, 3.63) is 443 Å². The van der Waals surface area contributed by atoms with E-state index in [-0.39, 0.29) is 0 Å². The number of benzene rings is 15. The molecule has 2 aliphatic carbocycles. The molecule has 2 aliphatic rings. The molecule has 0 saturated carbocycles. The van der Waals surface area contributed by atoms with Gasteiger partial charge in [-0.3, -0.25) is 0 Å². The molecule has 2 nitrogen and oxygen atoms in total. The maximum absolute atomic E-state index is 4.11. The number of hydrogen-bond donors (Lipinski definition) is 0. The molecule has 0 amide bonds. The summed E-state index contributed by atoms with van der Waals surface area (Å²) < 4.78 is 0. The fraction of sp³-hybridized carbons (Fsp3) is 0.161. The topological polar surface area (TPSA) is 6.48 Å². The van der Waals surface area contributed by atoms with Crippen LogP contribution in [0, 0.1) is 13.8 Å². The van der Waals surface area contributed by atoms with Gasteiger partial charge < -0.3 is 9.80 Å². The fourth-order valence-electron chi connectivity index (χ4n) is 18.5. The van der Waals surface area contributed by atoms with E-state index in [2.05, 4.69) is 403 Å². The Morgan fingerprint density at radius 3 is 0.930 bits per heavy atom. The molecule has 15 aromatic rings. The largest absolute Gasteiger partial charge is 0.310 e. The van der Waals surface area contributed by atoms with Gasteiger partial charge in [-0.25, -0.2) is 0 Å². The summed E-state index contributed by atoms with van der Waals surface area (Å²) in [6, 6.07) is 134. The normalized spacial score (nSPS) is 14.4. The molecule has 15 aromatic carbocycles. The van der Waals surface area contributed by atoms with Gasteiger partial charge in [0, 0.05) is 34.1 Å². The number of nitrogens with zero attached hydrogens (tertiary/aromatic N) is 2. The highest BCUT2D eigenvalue weighted by molar-refractivity contribution is 5.91. The molecule has 17 rings (SSSR count). The van der Waals surface area contributed by atoms with Crippen molar-refractivity contribution in [1.82, 2.24) is 0 Å². The van der Waals surface area contributed by atoms with Crippen molar-refractivity contribution in [3.8, 4) is 66.8 Å². The van der Waals surface area contributed by atoms with Crippen molar-refractivity contribution >= 4 is 46.3 Å². The van der Waals surface area contributed by atoms with Crippen LogP contribution in [0.15, 0.2) is 365 Å². The van der Waals surface area contributed by atoms with Crippen LogP contribution in [-0.2, 0) is 36.5 Å². The molecule has 0 aromatic heterocycles. The minimum atomic E-state index is -0.474. The second-order valence-corrected chi connectivity index (χ2v) is 31.7. The third kappa shape index (κ3) is 14.5. The molecule has 0 radical (unpaired) electrons. The summed E-state index contributed by atoms with van der Waals surface area (Å²) in [5, 5.41) is 0. The Balaban J connectivity index is 0.779. The zero-order valence-corrected chi connectivity index (χ0v) is 66.4. The second kappa shape index (κ2) is 33.0. The minimum absolute atomic E-state index is 0.474. The number of rotatable bonds is 28. The molecule has 2 heteroatoms. The first-order valence-electron chi connectivity index (χ1n) is 41.4. The molecule has 114 heavy (non-hydrogen) atoms. The Labute approximate surface area is 676 Å². The van der Waals surface area contributed by atoms with E-state index in [0.29, 0.717) is 0 Å². The third-order valence-corrected chi connectivity index (χ3v) is 24.5. The summed E-state index contributed by atoms with van der Waals surface area (Å²) in [7, 11) is 0.